The van der Waals surface area contributed by atoms with Crippen LogP contribution in [0.4, 0.5) is 0 Å². The number of fused-ring (bicyclic) bond motifs is 1. The summed E-state index contributed by atoms with van der Waals surface area (Å²) in [7, 11) is 3.83. The zero-order valence-electron chi connectivity index (χ0n) is 13.9. The third-order valence-corrected chi connectivity index (χ3v) is 4.42. The topological polar surface area (TPSA) is 54.9 Å². The Morgan fingerprint density at radius 2 is 2.35 bits per heavy atom. The van der Waals surface area contributed by atoms with Crippen molar-refractivity contribution in [3.63, 3.8) is 0 Å². The van der Waals surface area contributed by atoms with Gasteiger partial charge in [0.15, 0.2) is 0 Å². The summed E-state index contributed by atoms with van der Waals surface area (Å²) in [5, 5.41) is 0. The van der Waals surface area contributed by atoms with E-state index in [1.807, 2.05) is 42.1 Å². The van der Waals surface area contributed by atoms with Crippen molar-refractivity contribution in [1.82, 2.24) is 14.8 Å². The number of carbonyl (C=O) groups is 1. The second-order valence-corrected chi connectivity index (χ2v) is 6.50. The van der Waals surface area contributed by atoms with Gasteiger partial charge in [-0.15, -0.1) is 0 Å². The molecule has 3 rings (SSSR count). The summed E-state index contributed by atoms with van der Waals surface area (Å²) in [5.74, 6) is 0.152. The van der Waals surface area contributed by atoms with E-state index in [9.17, 15) is 4.79 Å². The summed E-state index contributed by atoms with van der Waals surface area (Å²) in [6, 6.07) is 5.93. The highest BCUT2D eigenvalue weighted by Crippen LogP contribution is 2.31. The van der Waals surface area contributed by atoms with Crippen LogP contribution in [0.2, 0.25) is 0 Å². The molecule has 0 spiro atoms. The monoisotopic (exact) mass is 319 g/mol. The number of likely N-dealkylation sites (tertiary alicyclic amines) is 1. The van der Waals surface area contributed by atoms with Gasteiger partial charge in [0.05, 0.1) is 24.9 Å². The van der Waals surface area contributed by atoms with Crippen LogP contribution in [0.15, 0.2) is 24.4 Å². The second-order valence-electron chi connectivity index (χ2n) is 6.50. The molecule has 1 amide bonds. The van der Waals surface area contributed by atoms with E-state index in [0.717, 1.165) is 25.1 Å². The molecule has 1 aromatic rings. The van der Waals surface area contributed by atoms with Crippen LogP contribution in [0, 0.1) is 0 Å². The molecular weight excluding hydrogens is 294 g/mol. The average molecular weight is 319 g/mol. The molecule has 0 saturated carbocycles. The van der Waals surface area contributed by atoms with Crippen molar-refractivity contribution >= 4 is 5.91 Å². The van der Waals surface area contributed by atoms with Crippen molar-refractivity contribution in [2.75, 3.05) is 33.8 Å². The molecule has 2 fully saturated rings. The standard InChI is InChI=1S/C17H25N3O3/c1-19(2)11-16(21)20-10-15(17-14(20)7-5-9-22-17)23-12-13-6-3-4-8-18-13/h3-4,6,8,14-15,17H,5,7,9-12H2,1-2H3/t14-,15-,17+/m0/s1. The van der Waals surface area contributed by atoms with Crippen molar-refractivity contribution in [2.45, 2.75) is 37.7 Å². The molecule has 6 nitrogen and oxygen atoms in total. The Morgan fingerprint density at radius 1 is 1.48 bits per heavy atom. The molecule has 0 N–H and O–H groups in total. The SMILES string of the molecule is CN(C)CC(=O)N1C[C@H](OCc2ccccn2)[C@@H]2OCCC[C@@H]21. The highest BCUT2D eigenvalue weighted by molar-refractivity contribution is 5.79. The van der Waals surface area contributed by atoms with Crippen LogP contribution in [0.25, 0.3) is 0 Å². The fourth-order valence-electron chi connectivity index (χ4n) is 3.38. The van der Waals surface area contributed by atoms with Crippen molar-refractivity contribution in [3.8, 4) is 0 Å². The maximum absolute atomic E-state index is 12.5. The van der Waals surface area contributed by atoms with Crippen LogP contribution < -0.4 is 0 Å². The highest BCUT2D eigenvalue weighted by Gasteiger charge is 2.46. The first kappa shape index (κ1) is 16.4. The third-order valence-electron chi connectivity index (χ3n) is 4.42. The molecule has 23 heavy (non-hydrogen) atoms. The molecule has 0 unspecified atom stereocenters. The number of ether oxygens (including phenoxy) is 2. The number of carbonyl (C=O) groups excluding carboxylic acids is 1. The van der Waals surface area contributed by atoms with Gasteiger partial charge in [0, 0.05) is 19.3 Å². The highest BCUT2D eigenvalue weighted by atomic mass is 16.5. The molecule has 3 heterocycles. The Bertz CT molecular complexity index is 523. The molecule has 0 bridgehead atoms. The van der Waals surface area contributed by atoms with Crippen LogP contribution >= 0.6 is 0 Å². The van der Waals surface area contributed by atoms with E-state index in [0.29, 0.717) is 19.7 Å². The van der Waals surface area contributed by atoms with E-state index in [2.05, 4.69) is 4.98 Å². The van der Waals surface area contributed by atoms with Gasteiger partial charge < -0.3 is 19.3 Å². The van der Waals surface area contributed by atoms with Gasteiger partial charge in [-0.2, -0.15) is 0 Å². The minimum atomic E-state index is -0.0755. The zero-order valence-corrected chi connectivity index (χ0v) is 13.9. The molecule has 0 aliphatic carbocycles. The number of amides is 1. The maximum Gasteiger partial charge on any atom is 0.237 e. The summed E-state index contributed by atoms with van der Waals surface area (Å²) in [4.78, 5) is 20.6. The number of hydrogen-bond acceptors (Lipinski definition) is 5. The smallest absolute Gasteiger partial charge is 0.237 e. The minimum absolute atomic E-state index is 0.0152. The third kappa shape index (κ3) is 3.88. The van der Waals surface area contributed by atoms with Crippen LogP contribution in [-0.2, 0) is 20.9 Å². The van der Waals surface area contributed by atoms with Crippen LogP contribution in [0.5, 0.6) is 0 Å². The number of aromatic nitrogens is 1. The normalized spacial score (nSPS) is 27.3. The lowest BCUT2D eigenvalue weighted by atomic mass is 10.0. The molecule has 126 valence electrons. The van der Waals surface area contributed by atoms with Crippen molar-refractivity contribution in [1.29, 1.82) is 0 Å². The van der Waals surface area contributed by atoms with Gasteiger partial charge in [-0.3, -0.25) is 9.78 Å². The van der Waals surface area contributed by atoms with Gasteiger partial charge in [0.1, 0.15) is 12.2 Å². The molecule has 0 radical (unpaired) electrons. The second kappa shape index (κ2) is 7.38. The maximum atomic E-state index is 12.5. The molecule has 0 aromatic carbocycles. The number of nitrogens with zero attached hydrogens (tertiary/aromatic N) is 3. The van der Waals surface area contributed by atoms with Gasteiger partial charge >= 0.3 is 0 Å². The predicted octanol–water partition coefficient (Wildman–Crippen LogP) is 0.918. The lowest BCUT2D eigenvalue weighted by molar-refractivity contribution is -0.135. The number of rotatable bonds is 5. The largest absolute Gasteiger partial charge is 0.373 e. The first-order chi connectivity index (χ1) is 11.1. The van der Waals surface area contributed by atoms with Gasteiger partial charge in [-0.05, 0) is 39.1 Å². The van der Waals surface area contributed by atoms with E-state index in [4.69, 9.17) is 9.47 Å². The van der Waals surface area contributed by atoms with Crippen LogP contribution in [-0.4, -0.2) is 72.7 Å². The van der Waals surface area contributed by atoms with Gasteiger partial charge in [0.2, 0.25) is 5.91 Å². The van der Waals surface area contributed by atoms with Gasteiger partial charge in [-0.1, -0.05) is 6.07 Å². The summed E-state index contributed by atoms with van der Waals surface area (Å²) in [6.45, 7) is 2.24. The molecule has 6 heteroatoms. The zero-order chi connectivity index (χ0) is 16.2. The predicted molar refractivity (Wildman–Crippen MR) is 85.8 cm³/mol. The minimum Gasteiger partial charge on any atom is -0.373 e. The van der Waals surface area contributed by atoms with E-state index in [1.165, 1.54) is 0 Å². The Labute approximate surface area is 137 Å². The summed E-state index contributed by atoms with van der Waals surface area (Å²) in [6.07, 6.45) is 3.67. The molecule has 3 atom stereocenters. The average Bonchev–Trinajstić information content (AvgIpc) is 2.92. The number of hydrogen-bond donors (Lipinski definition) is 0. The first-order valence-corrected chi connectivity index (χ1v) is 8.22. The Morgan fingerprint density at radius 3 is 3.09 bits per heavy atom. The van der Waals surface area contributed by atoms with Crippen molar-refractivity contribution < 1.29 is 14.3 Å². The van der Waals surface area contributed by atoms with Gasteiger partial charge in [-0.25, -0.2) is 0 Å². The lowest BCUT2D eigenvalue weighted by Gasteiger charge is -2.32. The van der Waals surface area contributed by atoms with E-state index < -0.39 is 0 Å². The lowest BCUT2D eigenvalue weighted by Crippen LogP contribution is -2.46. The van der Waals surface area contributed by atoms with Crippen LogP contribution in [0.1, 0.15) is 18.5 Å². The Balaban J connectivity index is 1.65. The molecule has 2 aliphatic rings. The van der Waals surface area contributed by atoms with E-state index in [-0.39, 0.29) is 24.2 Å². The van der Waals surface area contributed by atoms with Crippen molar-refractivity contribution in [3.05, 3.63) is 30.1 Å². The van der Waals surface area contributed by atoms with E-state index in [1.54, 1.807) is 6.20 Å². The summed E-state index contributed by atoms with van der Waals surface area (Å²) in [5.41, 5.74) is 0.901. The van der Waals surface area contributed by atoms with Crippen LogP contribution in [0.3, 0.4) is 0 Å². The number of likely N-dealkylation sites (N-methyl/N-ethyl adjacent to an activating group) is 1. The first-order valence-electron chi connectivity index (χ1n) is 8.22. The number of pyridine rings is 1. The Hall–Kier alpha value is -1.50. The fraction of sp³-hybridized carbons (Fsp3) is 0.647. The van der Waals surface area contributed by atoms with Gasteiger partial charge in [0.25, 0.3) is 0 Å². The molecule has 2 saturated heterocycles. The molecular formula is C17H25N3O3. The van der Waals surface area contributed by atoms with E-state index >= 15 is 0 Å². The summed E-state index contributed by atoms with van der Waals surface area (Å²) < 4.78 is 12.0. The Kier molecular flexibility index (Phi) is 5.25. The summed E-state index contributed by atoms with van der Waals surface area (Å²) >= 11 is 0. The van der Waals surface area contributed by atoms with Crippen molar-refractivity contribution in [2.24, 2.45) is 0 Å². The fourth-order valence-corrected chi connectivity index (χ4v) is 3.38. The molecule has 2 aliphatic heterocycles. The quantitative estimate of drug-likeness (QED) is 0.808. The molecule has 1 aromatic heterocycles.